The van der Waals surface area contributed by atoms with Gasteiger partial charge in [-0.15, -0.1) is 5.01 Å². The summed E-state index contributed by atoms with van der Waals surface area (Å²) in [7, 11) is 1.11. The third-order valence-electron chi connectivity index (χ3n) is 1.62. The van der Waals surface area contributed by atoms with Gasteiger partial charge in [0.15, 0.2) is 6.54 Å². The fourth-order valence-corrected chi connectivity index (χ4v) is 0.813. The Balaban J connectivity index is 4.30. The molecule has 0 amide bonds. The Kier molecular flexibility index (Phi) is 6.93. The molecule has 0 aliphatic heterocycles. The Hall–Kier alpha value is -2.26. The maximum Gasteiger partial charge on any atom is 0.511 e. The summed E-state index contributed by atoms with van der Waals surface area (Å²) < 4.78 is 8.65. The quantitative estimate of drug-likeness (QED) is 0.229. The summed E-state index contributed by atoms with van der Waals surface area (Å²) in [4.78, 5) is 25.6. The molecule has 1 unspecified atom stereocenters. The van der Waals surface area contributed by atoms with Crippen molar-refractivity contribution in [3.05, 3.63) is 5.21 Å². The van der Waals surface area contributed by atoms with E-state index in [1.165, 1.54) is 6.92 Å². The first-order chi connectivity index (χ1) is 8.40. The molecule has 0 saturated heterocycles. The molecular formula is C8H15N3O7. The minimum atomic E-state index is -1.19. The first-order valence-corrected chi connectivity index (χ1v) is 4.96. The molecule has 10 nitrogen and oxygen atoms in total. The van der Waals surface area contributed by atoms with Crippen LogP contribution in [0.25, 0.3) is 0 Å². The van der Waals surface area contributed by atoms with Gasteiger partial charge >= 0.3 is 12.1 Å². The molecule has 0 aliphatic carbocycles. The van der Waals surface area contributed by atoms with Gasteiger partial charge in [0.25, 0.3) is 6.29 Å². The summed E-state index contributed by atoms with van der Waals surface area (Å²) in [6.07, 6.45) is -2.13. The van der Waals surface area contributed by atoms with Crippen molar-refractivity contribution < 1.29 is 34.0 Å². The topological polar surface area (TPSA) is 124 Å². The molecule has 0 heterocycles. The maximum absolute atomic E-state index is 11.3. The number of hydrazine groups is 1. The summed E-state index contributed by atoms with van der Waals surface area (Å²) in [5.74, 6) is -1.19. The van der Waals surface area contributed by atoms with Gasteiger partial charge in [0, 0.05) is 6.92 Å². The molecule has 0 saturated carbocycles. The molecule has 0 spiro atoms. The molecule has 18 heavy (non-hydrogen) atoms. The summed E-state index contributed by atoms with van der Waals surface area (Å²) in [5.41, 5.74) is 0. The van der Waals surface area contributed by atoms with Crippen molar-refractivity contribution in [2.24, 2.45) is 5.28 Å². The van der Waals surface area contributed by atoms with E-state index in [0.29, 0.717) is 0 Å². The normalized spacial score (nSPS) is 12.5. The summed E-state index contributed by atoms with van der Waals surface area (Å²) in [6, 6.07) is 0. The molecule has 0 fully saturated rings. The van der Waals surface area contributed by atoms with Crippen molar-refractivity contribution in [2.75, 3.05) is 20.2 Å². The summed E-state index contributed by atoms with van der Waals surface area (Å²) >= 11 is 0. The van der Waals surface area contributed by atoms with Crippen molar-refractivity contribution in [2.45, 2.75) is 20.1 Å². The van der Waals surface area contributed by atoms with E-state index in [1.54, 1.807) is 6.92 Å². The SMILES string of the molecule is CCN(CC(=O)O)[N+]([O-])=NOC(C)OC(=O)OC. The first kappa shape index (κ1) is 15.7. The van der Waals surface area contributed by atoms with Crippen LogP contribution >= 0.6 is 0 Å². The van der Waals surface area contributed by atoms with Crippen molar-refractivity contribution >= 4 is 12.1 Å². The number of carboxylic acids is 1. The van der Waals surface area contributed by atoms with Gasteiger partial charge in [-0.3, -0.25) is 9.63 Å². The molecule has 0 rings (SSSR count). The van der Waals surface area contributed by atoms with Crippen LogP contribution in [-0.2, 0) is 19.1 Å². The van der Waals surface area contributed by atoms with Gasteiger partial charge in [0.2, 0.25) is 5.28 Å². The smallest absolute Gasteiger partial charge is 0.511 e. The van der Waals surface area contributed by atoms with Crippen LogP contribution in [0.2, 0.25) is 0 Å². The summed E-state index contributed by atoms with van der Waals surface area (Å²) in [5, 5.41) is 23.7. The van der Waals surface area contributed by atoms with E-state index in [0.717, 1.165) is 12.1 Å². The van der Waals surface area contributed by atoms with Crippen LogP contribution in [0.3, 0.4) is 0 Å². The van der Waals surface area contributed by atoms with Gasteiger partial charge in [0.1, 0.15) is 0 Å². The van der Waals surface area contributed by atoms with Crippen molar-refractivity contribution in [3.8, 4) is 0 Å². The second kappa shape index (κ2) is 7.92. The fraction of sp³-hybridized carbons (Fsp3) is 0.750. The number of carbonyl (C=O) groups excluding carboxylic acids is 1. The van der Waals surface area contributed by atoms with Crippen LogP contribution in [0.4, 0.5) is 4.79 Å². The molecule has 0 aliphatic rings. The number of aliphatic carboxylic acids is 1. The maximum atomic E-state index is 11.3. The molecule has 1 N–H and O–H groups in total. The summed E-state index contributed by atoms with van der Waals surface area (Å²) in [6.45, 7) is 2.47. The lowest BCUT2D eigenvalue weighted by Crippen LogP contribution is -2.35. The lowest BCUT2D eigenvalue weighted by molar-refractivity contribution is -0.710. The van der Waals surface area contributed by atoms with Gasteiger partial charge in [-0.05, 0) is 6.92 Å². The molecule has 10 heteroatoms. The second-order valence-corrected chi connectivity index (χ2v) is 2.95. The Bertz CT molecular complexity index is 320. The van der Waals surface area contributed by atoms with Crippen molar-refractivity contribution in [1.82, 2.24) is 5.01 Å². The lowest BCUT2D eigenvalue weighted by atomic mass is 10.6. The molecular weight excluding hydrogens is 250 g/mol. The van der Waals surface area contributed by atoms with E-state index in [-0.39, 0.29) is 11.5 Å². The van der Waals surface area contributed by atoms with Crippen LogP contribution in [0, 0.1) is 5.21 Å². The molecule has 0 bridgehead atoms. The number of nitrogens with zero attached hydrogens (tertiary/aromatic N) is 3. The highest BCUT2D eigenvalue weighted by Crippen LogP contribution is 1.98. The number of likely N-dealkylation sites (N-methyl/N-ethyl adjacent to an activating group) is 1. The number of methoxy groups -OCH3 is 1. The average Bonchev–Trinajstić information content (AvgIpc) is 2.32. The van der Waals surface area contributed by atoms with Gasteiger partial charge < -0.3 is 19.8 Å². The molecule has 0 aromatic carbocycles. The second-order valence-electron chi connectivity index (χ2n) is 2.95. The van der Waals surface area contributed by atoms with E-state index in [9.17, 15) is 14.8 Å². The number of ether oxygens (including phenoxy) is 2. The average molecular weight is 265 g/mol. The van der Waals surface area contributed by atoms with Crippen LogP contribution in [0.5, 0.6) is 0 Å². The zero-order valence-electron chi connectivity index (χ0n) is 10.2. The zero-order valence-corrected chi connectivity index (χ0v) is 10.2. The third kappa shape index (κ3) is 6.35. The molecule has 0 aromatic heterocycles. The number of hydrogen-bond donors (Lipinski definition) is 1. The number of carbonyl (C=O) groups is 2. The van der Waals surface area contributed by atoms with E-state index >= 15 is 0 Å². The number of rotatable bonds is 7. The Labute approximate surface area is 103 Å². The fourth-order valence-electron chi connectivity index (χ4n) is 0.813. The Morgan fingerprint density at radius 3 is 2.61 bits per heavy atom. The van der Waals surface area contributed by atoms with Crippen molar-refractivity contribution in [1.29, 1.82) is 0 Å². The highest BCUT2D eigenvalue weighted by molar-refractivity contribution is 5.68. The van der Waals surface area contributed by atoms with Gasteiger partial charge in [-0.1, -0.05) is 0 Å². The minimum Gasteiger partial charge on any atom is -0.569 e. The zero-order chi connectivity index (χ0) is 14.1. The monoisotopic (exact) mass is 265 g/mol. The largest absolute Gasteiger partial charge is 0.569 e. The molecule has 1 atom stereocenters. The Morgan fingerprint density at radius 2 is 2.17 bits per heavy atom. The first-order valence-electron chi connectivity index (χ1n) is 4.96. The molecule has 104 valence electrons. The van der Waals surface area contributed by atoms with E-state index in [2.05, 4.69) is 19.6 Å². The van der Waals surface area contributed by atoms with Crippen LogP contribution in [0.15, 0.2) is 5.28 Å². The van der Waals surface area contributed by atoms with Crippen LogP contribution < -0.4 is 0 Å². The van der Waals surface area contributed by atoms with E-state index in [1.807, 2.05) is 0 Å². The lowest BCUT2D eigenvalue weighted by Gasteiger charge is -2.14. The molecule has 0 aromatic rings. The number of hydrogen-bond acceptors (Lipinski definition) is 7. The predicted octanol–water partition coefficient (Wildman–Crippen LogP) is 0.331. The van der Waals surface area contributed by atoms with Crippen LogP contribution in [0.1, 0.15) is 13.8 Å². The highest BCUT2D eigenvalue weighted by Gasteiger charge is 2.16. The molecule has 0 radical (unpaired) electrons. The minimum absolute atomic E-state index is 0.0364. The van der Waals surface area contributed by atoms with Gasteiger partial charge in [0.05, 0.1) is 18.6 Å². The van der Waals surface area contributed by atoms with Gasteiger partial charge in [-0.2, -0.15) is 0 Å². The van der Waals surface area contributed by atoms with Crippen molar-refractivity contribution in [3.63, 3.8) is 0 Å². The predicted molar refractivity (Wildman–Crippen MR) is 55.0 cm³/mol. The highest BCUT2D eigenvalue weighted by atomic mass is 16.8. The number of carboxylic acid groups (broad SMARTS) is 1. The standard InChI is InChI=1S/C8H15N3O7/c1-4-10(5-7(12)13)11(15)9-18-6(2)17-8(14)16-3/h6H,4-5H2,1-3H3,(H,12,13). The van der Waals surface area contributed by atoms with Crippen LogP contribution in [-0.4, -0.2) is 53.7 Å². The Morgan fingerprint density at radius 1 is 1.56 bits per heavy atom. The van der Waals surface area contributed by atoms with E-state index in [4.69, 9.17) is 5.11 Å². The van der Waals surface area contributed by atoms with E-state index < -0.39 is 25.0 Å². The van der Waals surface area contributed by atoms with Gasteiger partial charge in [-0.25, -0.2) is 4.79 Å². The third-order valence-corrected chi connectivity index (χ3v) is 1.62.